The molecule has 0 saturated carbocycles. The van der Waals surface area contributed by atoms with Gasteiger partial charge in [0, 0.05) is 37.8 Å². The van der Waals surface area contributed by atoms with E-state index in [0.29, 0.717) is 30.3 Å². The summed E-state index contributed by atoms with van der Waals surface area (Å²) >= 11 is 0. The molecule has 2 heterocycles. The van der Waals surface area contributed by atoms with Crippen LogP contribution in [0.2, 0.25) is 0 Å². The fraction of sp³-hybridized carbons (Fsp3) is 0.286. The van der Waals surface area contributed by atoms with Crippen molar-refractivity contribution in [1.82, 2.24) is 9.80 Å². The van der Waals surface area contributed by atoms with Gasteiger partial charge >= 0.3 is 0 Å². The summed E-state index contributed by atoms with van der Waals surface area (Å²) in [5, 5.41) is 37.7. The average molecular weight is 537 g/mol. The zero-order chi connectivity index (χ0) is 28.9. The number of carbonyl (C=O) groups is 4. The lowest BCUT2D eigenvalue weighted by Crippen LogP contribution is -2.46. The third-order valence-corrected chi connectivity index (χ3v) is 5.82. The Morgan fingerprint density at radius 3 is 1.79 bits per heavy atom. The Balaban J connectivity index is 0.000000277. The first kappa shape index (κ1) is 30.7. The maximum Gasteiger partial charge on any atom is 0.132 e. The summed E-state index contributed by atoms with van der Waals surface area (Å²) in [5.74, 6) is -4.16. The molecule has 0 aliphatic carbocycles. The molecular formula is C28H28N2O9-4. The second-order valence-electron chi connectivity index (χ2n) is 8.75. The highest BCUT2D eigenvalue weighted by Gasteiger charge is 2.29. The smallest absolute Gasteiger partial charge is 0.132 e. The number of ether oxygens (including phenoxy) is 1. The Labute approximate surface area is 225 Å². The normalized spacial score (nSPS) is 16.8. The minimum atomic E-state index is -1.55. The molecule has 0 N–H and O–H groups in total. The van der Waals surface area contributed by atoms with Gasteiger partial charge in [-0.3, -0.25) is 4.90 Å². The molecule has 1 unspecified atom stereocenters. The molecule has 0 aromatic heterocycles. The number of carboxylic acid groups (broad SMARTS) is 4. The summed E-state index contributed by atoms with van der Waals surface area (Å²) < 4.78 is 6.26. The Hall–Kier alpha value is -4.48. The summed E-state index contributed by atoms with van der Waals surface area (Å²) in [5.41, 5.74) is 3.95. The molecule has 4 rings (SSSR count). The van der Waals surface area contributed by atoms with E-state index in [1.807, 2.05) is 0 Å². The SMILES string of the molecule is Cc1ccc2c(c1)C(N1CCN(C)CC1)Cc1ccccc1O2.O=C([O-])/C=C\C(=O)[O-].O=C([O-])/C=C\C(=O)[O-]. The number of hydrogen-bond acceptors (Lipinski definition) is 11. The molecule has 1 fully saturated rings. The van der Waals surface area contributed by atoms with Crippen molar-refractivity contribution in [3.05, 3.63) is 83.5 Å². The standard InChI is InChI=1S/C20H24N2O.2C4H4O4/c1-15-7-8-20-17(13-15)18(22-11-9-21(2)10-12-22)14-16-5-3-4-6-19(16)23-20;2*5-3(6)1-2-4(7)8/h3-8,13,18H,9-12,14H2,1-2H3;2*1-2H,(H,5,6)(H,7,8)/p-4/b;2*2-1-. The van der Waals surface area contributed by atoms with Gasteiger partial charge in [-0.15, -0.1) is 0 Å². The first-order valence-electron chi connectivity index (χ1n) is 11.9. The highest BCUT2D eigenvalue weighted by molar-refractivity contribution is 5.88. The Morgan fingerprint density at radius 2 is 1.28 bits per heavy atom. The van der Waals surface area contributed by atoms with E-state index in [2.05, 4.69) is 66.2 Å². The predicted molar refractivity (Wildman–Crippen MR) is 132 cm³/mol. The molecule has 39 heavy (non-hydrogen) atoms. The second kappa shape index (κ2) is 15.1. The molecule has 11 heteroatoms. The van der Waals surface area contributed by atoms with Crippen LogP contribution in [0.1, 0.15) is 22.7 Å². The van der Waals surface area contributed by atoms with E-state index in [-0.39, 0.29) is 0 Å². The lowest BCUT2D eigenvalue weighted by Gasteiger charge is -2.38. The van der Waals surface area contributed by atoms with E-state index in [1.165, 1.54) is 16.7 Å². The molecule has 0 radical (unpaired) electrons. The number of carboxylic acids is 4. The number of nitrogens with zero attached hydrogens (tertiary/aromatic N) is 2. The molecule has 1 atom stereocenters. The highest BCUT2D eigenvalue weighted by atomic mass is 16.5. The average Bonchev–Trinajstić information content (AvgIpc) is 3.04. The molecule has 0 bridgehead atoms. The quantitative estimate of drug-likeness (QED) is 0.376. The molecule has 2 aliphatic heterocycles. The van der Waals surface area contributed by atoms with E-state index < -0.39 is 23.9 Å². The summed E-state index contributed by atoms with van der Waals surface area (Å²) in [4.78, 5) is 42.7. The number of aryl methyl sites for hydroxylation is 1. The van der Waals surface area contributed by atoms with Crippen LogP contribution in [-0.4, -0.2) is 66.9 Å². The summed E-state index contributed by atoms with van der Waals surface area (Å²) in [6, 6.07) is 15.5. The van der Waals surface area contributed by atoms with Crippen LogP contribution in [0.15, 0.2) is 66.8 Å². The molecule has 11 nitrogen and oxygen atoms in total. The third kappa shape index (κ3) is 10.8. The van der Waals surface area contributed by atoms with E-state index in [0.717, 1.165) is 44.1 Å². The van der Waals surface area contributed by atoms with Crippen molar-refractivity contribution in [2.75, 3.05) is 33.2 Å². The first-order valence-corrected chi connectivity index (χ1v) is 11.9. The number of rotatable bonds is 5. The topological polar surface area (TPSA) is 176 Å². The zero-order valence-corrected chi connectivity index (χ0v) is 21.5. The van der Waals surface area contributed by atoms with Gasteiger partial charge in [0.15, 0.2) is 0 Å². The van der Waals surface area contributed by atoms with Gasteiger partial charge in [0.05, 0.1) is 23.9 Å². The molecule has 0 spiro atoms. The number of carbonyl (C=O) groups excluding carboxylic acids is 4. The Bertz CT molecular complexity index is 1170. The maximum atomic E-state index is 9.41. The van der Waals surface area contributed by atoms with Crippen LogP contribution in [-0.2, 0) is 25.6 Å². The van der Waals surface area contributed by atoms with Gasteiger partial charge in [-0.25, -0.2) is 0 Å². The van der Waals surface area contributed by atoms with Crippen LogP contribution >= 0.6 is 0 Å². The highest BCUT2D eigenvalue weighted by Crippen LogP contribution is 2.41. The van der Waals surface area contributed by atoms with Crippen LogP contribution in [0, 0.1) is 6.92 Å². The van der Waals surface area contributed by atoms with Gasteiger partial charge in [0.1, 0.15) is 11.5 Å². The van der Waals surface area contributed by atoms with E-state index >= 15 is 0 Å². The van der Waals surface area contributed by atoms with E-state index in [9.17, 15) is 39.6 Å². The molecular weight excluding hydrogens is 508 g/mol. The largest absolute Gasteiger partial charge is 0.545 e. The molecule has 1 saturated heterocycles. The van der Waals surface area contributed by atoms with E-state index in [1.54, 1.807) is 0 Å². The van der Waals surface area contributed by atoms with E-state index in [4.69, 9.17) is 4.74 Å². The number of likely N-dealkylation sites (N-methyl/N-ethyl adjacent to an activating group) is 1. The predicted octanol–water partition coefficient (Wildman–Crippen LogP) is -2.28. The molecule has 2 aromatic carbocycles. The lowest BCUT2D eigenvalue weighted by molar-refractivity contribution is -0.301. The first-order chi connectivity index (χ1) is 18.5. The lowest BCUT2D eigenvalue weighted by atomic mass is 9.95. The van der Waals surface area contributed by atoms with Gasteiger partial charge in [-0.1, -0.05) is 35.9 Å². The minimum absolute atomic E-state index is 0.384. The van der Waals surface area contributed by atoms with Gasteiger partial charge in [0.25, 0.3) is 0 Å². The number of para-hydroxylation sites is 1. The van der Waals surface area contributed by atoms with Gasteiger partial charge < -0.3 is 49.2 Å². The van der Waals surface area contributed by atoms with Crippen LogP contribution in [0.4, 0.5) is 0 Å². The Morgan fingerprint density at radius 1 is 0.769 bits per heavy atom. The van der Waals surface area contributed by atoms with Crippen molar-refractivity contribution in [3.8, 4) is 11.5 Å². The van der Waals surface area contributed by atoms with Crippen molar-refractivity contribution >= 4 is 23.9 Å². The van der Waals surface area contributed by atoms with Crippen molar-refractivity contribution in [3.63, 3.8) is 0 Å². The molecule has 2 aromatic rings. The fourth-order valence-corrected chi connectivity index (χ4v) is 3.96. The van der Waals surface area contributed by atoms with Crippen LogP contribution < -0.4 is 25.2 Å². The summed E-state index contributed by atoms with van der Waals surface area (Å²) in [6.07, 6.45) is 2.56. The van der Waals surface area contributed by atoms with Gasteiger partial charge in [-0.05, 0) is 62.4 Å². The monoisotopic (exact) mass is 536 g/mol. The van der Waals surface area contributed by atoms with Crippen molar-refractivity contribution < 1.29 is 44.3 Å². The van der Waals surface area contributed by atoms with Crippen molar-refractivity contribution in [2.45, 2.75) is 19.4 Å². The third-order valence-electron chi connectivity index (χ3n) is 5.82. The molecule has 0 amide bonds. The zero-order valence-electron chi connectivity index (χ0n) is 21.5. The van der Waals surface area contributed by atoms with Crippen molar-refractivity contribution in [2.24, 2.45) is 0 Å². The fourth-order valence-electron chi connectivity index (χ4n) is 3.96. The van der Waals surface area contributed by atoms with Crippen LogP contribution in [0.5, 0.6) is 11.5 Å². The number of fused-ring (bicyclic) bond motifs is 2. The number of piperazine rings is 1. The van der Waals surface area contributed by atoms with Crippen LogP contribution in [0.25, 0.3) is 0 Å². The minimum Gasteiger partial charge on any atom is -0.545 e. The number of benzene rings is 2. The molecule has 2 aliphatic rings. The number of hydrogen-bond donors (Lipinski definition) is 0. The van der Waals surface area contributed by atoms with Gasteiger partial charge in [-0.2, -0.15) is 0 Å². The maximum absolute atomic E-state index is 9.41. The molecule has 208 valence electrons. The Kier molecular flexibility index (Phi) is 11.9. The number of aliphatic carboxylic acids is 4. The van der Waals surface area contributed by atoms with Crippen molar-refractivity contribution in [1.29, 1.82) is 0 Å². The summed E-state index contributed by atoms with van der Waals surface area (Å²) in [6.45, 7) is 6.69. The van der Waals surface area contributed by atoms with Crippen LogP contribution in [0.3, 0.4) is 0 Å². The second-order valence-corrected chi connectivity index (χ2v) is 8.75. The summed E-state index contributed by atoms with van der Waals surface area (Å²) in [7, 11) is 2.21. The van der Waals surface area contributed by atoms with Gasteiger partial charge in [0.2, 0.25) is 0 Å².